The van der Waals surface area contributed by atoms with Crippen molar-refractivity contribution in [3.05, 3.63) is 0 Å². The molecule has 1 fully saturated rings. The van der Waals surface area contributed by atoms with E-state index in [-0.39, 0.29) is 5.91 Å². The highest BCUT2D eigenvalue weighted by molar-refractivity contribution is 5.75. The maximum Gasteiger partial charge on any atom is 0.219 e. The normalized spacial score (nSPS) is 18.1. The average Bonchev–Trinajstić information content (AvgIpc) is 2.25. The zero-order chi connectivity index (χ0) is 10.2. The Hall–Kier alpha value is -0.610. The summed E-state index contributed by atoms with van der Waals surface area (Å²) in [5.74, 6) is 0.0962. The molecule has 1 aliphatic heterocycles. The van der Waals surface area contributed by atoms with Crippen molar-refractivity contribution in [3.63, 3.8) is 0 Å². The van der Waals surface area contributed by atoms with Crippen molar-refractivity contribution in [2.45, 2.75) is 32.3 Å². The minimum atomic E-state index is 0.0962. The van der Waals surface area contributed by atoms with Gasteiger partial charge in [-0.15, -0.1) is 0 Å². The van der Waals surface area contributed by atoms with Crippen molar-refractivity contribution in [1.82, 2.24) is 10.6 Å². The van der Waals surface area contributed by atoms with Gasteiger partial charge in [-0.05, 0) is 25.9 Å². The minimum Gasteiger partial charge on any atom is -0.376 e. The molecule has 4 heteroatoms. The van der Waals surface area contributed by atoms with Crippen LogP contribution in [0.15, 0.2) is 0 Å². The van der Waals surface area contributed by atoms with Crippen molar-refractivity contribution < 1.29 is 9.53 Å². The molecule has 0 aromatic carbocycles. The molecule has 1 amide bonds. The summed E-state index contributed by atoms with van der Waals surface area (Å²) in [6.07, 6.45) is 3.10. The summed E-state index contributed by atoms with van der Waals surface area (Å²) >= 11 is 0. The third-order valence-electron chi connectivity index (χ3n) is 2.39. The summed E-state index contributed by atoms with van der Waals surface area (Å²) in [5, 5.41) is 6.08. The fraction of sp³-hybridized carbons (Fsp3) is 0.900. The first kappa shape index (κ1) is 11.5. The van der Waals surface area contributed by atoms with Crippen LogP contribution in [0.4, 0.5) is 0 Å². The first-order chi connectivity index (χ1) is 6.83. The Bertz CT molecular complexity index is 168. The van der Waals surface area contributed by atoms with E-state index in [9.17, 15) is 4.79 Å². The SMILES string of the molecule is CCC(=O)NCCOC1CCNCC1. The van der Waals surface area contributed by atoms with Crippen LogP contribution in [0, 0.1) is 0 Å². The van der Waals surface area contributed by atoms with Gasteiger partial charge in [-0.1, -0.05) is 6.92 Å². The number of carbonyl (C=O) groups excluding carboxylic acids is 1. The molecule has 1 saturated heterocycles. The summed E-state index contributed by atoms with van der Waals surface area (Å²) in [4.78, 5) is 10.9. The van der Waals surface area contributed by atoms with Crippen LogP contribution in [0.1, 0.15) is 26.2 Å². The molecule has 1 aliphatic rings. The Morgan fingerprint density at radius 3 is 2.86 bits per heavy atom. The number of hydrogen-bond donors (Lipinski definition) is 2. The predicted molar refractivity (Wildman–Crippen MR) is 55.1 cm³/mol. The molecule has 2 N–H and O–H groups in total. The molecule has 0 spiro atoms. The van der Waals surface area contributed by atoms with Gasteiger partial charge in [0.2, 0.25) is 5.91 Å². The van der Waals surface area contributed by atoms with E-state index in [0.29, 0.717) is 25.7 Å². The molecule has 0 radical (unpaired) electrons. The summed E-state index contributed by atoms with van der Waals surface area (Å²) in [6, 6.07) is 0. The van der Waals surface area contributed by atoms with Crippen LogP contribution in [-0.4, -0.2) is 38.3 Å². The van der Waals surface area contributed by atoms with Crippen molar-refractivity contribution in [2.24, 2.45) is 0 Å². The lowest BCUT2D eigenvalue weighted by atomic mass is 10.1. The third kappa shape index (κ3) is 4.58. The van der Waals surface area contributed by atoms with E-state index >= 15 is 0 Å². The zero-order valence-electron chi connectivity index (χ0n) is 8.84. The molecular formula is C10H20N2O2. The highest BCUT2D eigenvalue weighted by Crippen LogP contribution is 2.06. The molecule has 14 heavy (non-hydrogen) atoms. The average molecular weight is 200 g/mol. The Balaban J connectivity index is 1.94. The zero-order valence-corrected chi connectivity index (χ0v) is 8.84. The van der Waals surface area contributed by atoms with Gasteiger partial charge in [0, 0.05) is 13.0 Å². The summed E-state index contributed by atoms with van der Waals surface area (Å²) in [6.45, 7) is 5.22. The highest BCUT2D eigenvalue weighted by atomic mass is 16.5. The van der Waals surface area contributed by atoms with Gasteiger partial charge >= 0.3 is 0 Å². The van der Waals surface area contributed by atoms with Crippen LogP contribution in [0.2, 0.25) is 0 Å². The van der Waals surface area contributed by atoms with E-state index < -0.39 is 0 Å². The van der Waals surface area contributed by atoms with Crippen LogP contribution in [0.5, 0.6) is 0 Å². The lowest BCUT2D eigenvalue weighted by Gasteiger charge is -2.22. The molecule has 0 bridgehead atoms. The van der Waals surface area contributed by atoms with E-state index in [4.69, 9.17) is 4.74 Å². The molecule has 0 atom stereocenters. The Kier molecular flexibility index (Phi) is 5.56. The monoisotopic (exact) mass is 200 g/mol. The molecule has 0 aliphatic carbocycles. The van der Waals surface area contributed by atoms with E-state index in [1.807, 2.05) is 6.92 Å². The van der Waals surface area contributed by atoms with Crippen LogP contribution in [-0.2, 0) is 9.53 Å². The van der Waals surface area contributed by atoms with Crippen LogP contribution < -0.4 is 10.6 Å². The molecule has 1 heterocycles. The maximum atomic E-state index is 10.9. The second-order valence-electron chi connectivity index (χ2n) is 3.52. The van der Waals surface area contributed by atoms with E-state index in [1.54, 1.807) is 0 Å². The lowest BCUT2D eigenvalue weighted by Crippen LogP contribution is -2.34. The molecule has 0 saturated carbocycles. The van der Waals surface area contributed by atoms with Crippen molar-refractivity contribution >= 4 is 5.91 Å². The first-order valence-corrected chi connectivity index (χ1v) is 5.42. The predicted octanol–water partition coefficient (Wildman–Crippen LogP) is 0.281. The van der Waals surface area contributed by atoms with Crippen LogP contribution in [0.3, 0.4) is 0 Å². The quantitative estimate of drug-likeness (QED) is 0.627. The fourth-order valence-electron chi connectivity index (χ4n) is 1.50. The molecular weight excluding hydrogens is 180 g/mol. The van der Waals surface area contributed by atoms with Crippen LogP contribution >= 0.6 is 0 Å². The number of rotatable bonds is 5. The molecule has 0 aromatic rings. The van der Waals surface area contributed by atoms with Gasteiger partial charge in [0.1, 0.15) is 0 Å². The largest absolute Gasteiger partial charge is 0.376 e. The number of amides is 1. The Morgan fingerprint density at radius 1 is 1.50 bits per heavy atom. The van der Waals surface area contributed by atoms with E-state index in [0.717, 1.165) is 25.9 Å². The Morgan fingerprint density at radius 2 is 2.21 bits per heavy atom. The van der Waals surface area contributed by atoms with Crippen molar-refractivity contribution in [2.75, 3.05) is 26.2 Å². The summed E-state index contributed by atoms with van der Waals surface area (Å²) < 4.78 is 5.62. The fourth-order valence-corrected chi connectivity index (χ4v) is 1.50. The number of carbonyl (C=O) groups is 1. The van der Waals surface area contributed by atoms with Gasteiger partial charge in [-0.3, -0.25) is 4.79 Å². The van der Waals surface area contributed by atoms with Gasteiger partial charge in [0.25, 0.3) is 0 Å². The standard InChI is InChI=1S/C10H20N2O2/c1-2-10(13)12-7-8-14-9-3-5-11-6-4-9/h9,11H,2-8H2,1H3,(H,12,13). The van der Waals surface area contributed by atoms with Gasteiger partial charge in [0.15, 0.2) is 0 Å². The maximum absolute atomic E-state index is 10.9. The minimum absolute atomic E-state index is 0.0962. The lowest BCUT2D eigenvalue weighted by molar-refractivity contribution is -0.121. The van der Waals surface area contributed by atoms with Crippen LogP contribution in [0.25, 0.3) is 0 Å². The van der Waals surface area contributed by atoms with Gasteiger partial charge in [0.05, 0.1) is 12.7 Å². The van der Waals surface area contributed by atoms with Gasteiger partial charge < -0.3 is 15.4 Å². The second-order valence-corrected chi connectivity index (χ2v) is 3.52. The topological polar surface area (TPSA) is 50.4 Å². The Labute approximate surface area is 85.4 Å². The number of nitrogens with one attached hydrogen (secondary N) is 2. The highest BCUT2D eigenvalue weighted by Gasteiger charge is 2.12. The summed E-state index contributed by atoms with van der Waals surface area (Å²) in [7, 11) is 0. The molecule has 1 rings (SSSR count). The third-order valence-corrected chi connectivity index (χ3v) is 2.39. The number of hydrogen-bond acceptors (Lipinski definition) is 3. The van der Waals surface area contributed by atoms with Crippen molar-refractivity contribution in [3.8, 4) is 0 Å². The van der Waals surface area contributed by atoms with E-state index in [2.05, 4.69) is 10.6 Å². The summed E-state index contributed by atoms with van der Waals surface area (Å²) in [5.41, 5.74) is 0. The number of ether oxygens (including phenoxy) is 1. The van der Waals surface area contributed by atoms with Crippen molar-refractivity contribution in [1.29, 1.82) is 0 Å². The molecule has 82 valence electrons. The first-order valence-electron chi connectivity index (χ1n) is 5.42. The van der Waals surface area contributed by atoms with Gasteiger partial charge in [-0.25, -0.2) is 0 Å². The molecule has 0 unspecified atom stereocenters. The smallest absolute Gasteiger partial charge is 0.219 e. The number of piperidine rings is 1. The van der Waals surface area contributed by atoms with Gasteiger partial charge in [-0.2, -0.15) is 0 Å². The van der Waals surface area contributed by atoms with E-state index in [1.165, 1.54) is 0 Å². The molecule has 4 nitrogen and oxygen atoms in total. The second kappa shape index (κ2) is 6.79. The molecule has 0 aromatic heterocycles.